The highest BCUT2D eigenvalue weighted by Crippen LogP contribution is 2.35. The maximum atomic E-state index is 13.1. The first-order chi connectivity index (χ1) is 17.9. The number of aromatic nitrogens is 1. The number of fused-ring (bicyclic) bond motifs is 1. The van der Waals surface area contributed by atoms with E-state index in [1.165, 1.54) is 12.1 Å². The van der Waals surface area contributed by atoms with Crippen molar-refractivity contribution < 1.29 is 24.1 Å². The Hall–Kier alpha value is -3.47. The van der Waals surface area contributed by atoms with Crippen LogP contribution in [0.1, 0.15) is 49.3 Å². The summed E-state index contributed by atoms with van der Waals surface area (Å²) in [4.78, 5) is 18.0. The lowest BCUT2D eigenvalue weighted by Crippen LogP contribution is -2.41. The van der Waals surface area contributed by atoms with Gasteiger partial charge in [-0.15, -0.1) is 0 Å². The predicted molar refractivity (Wildman–Crippen MR) is 141 cm³/mol. The lowest BCUT2D eigenvalue weighted by Gasteiger charge is -2.38. The van der Waals surface area contributed by atoms with E-state index in [4.69, 9.17) is 4.74 Å². The third kappa shape index (κ3) is 7.28. The molecular formula is C30H33FN2O4. The van der Waals surface area contributed by atoms with Crippen LogP contribution in [0.4, 0.5) is 4.39 Å². The van der Waals surface area contributed by atoms with Gasteiger partial charge in [0.15, 0.2) is 0 Å². The molecule has 1 aromatic heterocycles. The standard InChI is InChI=1S/C30H33FN2O4/c1-37-25-10-11-28-27(19-25)26(14-16-32-28)29(34)12-6-22-15-18-33(20-23(22)7-13-30(35)36)17-2-3-21-4-8-24(31)9-5-21/h4-5,8-11,14,16,19,22-23,29,34H,6-7,12-13,15,17-18,20H2,1H3,(H,35,36)/t22?,23?,29-/m0/s1. The lowest BCUT2D eigenvalue weighted by molar-refractivity contribution is -0.137. The molecule has 2 unspecified atom stereocenters. The fraction of sp³-hybridized carbons (Fsp3) is 0.400. The Labute approximate surface area is 217 Å². The van der Waals surface area contributed by atoms with Gasteiger partial charge in [0.05, 0.1) is 25.3 Å². The Morgan fingerprint density at radius 1 is 1.19 bits per heavy atom. The van der Waals surface area contributed by atoms with Crippen LogP contribution in [0.15, 0.2) is 54.7 Å². The minimum atomic E-state index is -0.788. The van der Waals surface area contributed by atoms with Crippen molar-refractivity contribution in [2.24, 2.45) is 11.8 Å². The van der Waals surface area contributed by atoms with Crippen LogP contribution in [0, 0.1) is 29.5 Å². The van der Waals surface area contributed by atoms with E-state index in [9.17, 15) is 19.4 Å². The molecule has 1 aliphatic heterocycles. The number of carbonyl (C=O) groups is 1. The van der Waals surface area contributed by atoms with Crippen molar-refractivity contribution in [2.45, 2.75) is 38.2 Å². The van der Waals surface area contributed by atoms with Gasteiger partial charge in [-0.2, -0.15) is 0 Å². The second-order valence-corrected chi connectivity index (χ2v) is 9.66. The molecule has 0 radical (unpaired) electrons. The zero-order valence-electron chi connectivity index (χ0n) is 21.1. The first-order valence-corrected chi connectivity index (χ1v) is 12.7. The van der Waals surface area contributed by atoms with Crippen LogP contribution in [0.25, 0.3) is 10.9 Å². The number of carboxylic acids is 1. The Balaban J connectivity index is 1.39. The maximum Gasteiger partial charge on any atom is 0.303 e. The van der Waals surface area contributed by atoms with E-state index in [-0.39, 0.29) is 18.2 Å². The van der Waals surface area contributed by atoms with E-state index in [2.05, 4.69) is 21.7 Å². The van der Waals surface area contributed by atoms with Crippen molar-refractivity contribution in [1.29, 1.82) is 0 Å². The number of piperidine rings is 1. The molecule has 3 atom stereocenters. The molecule has 2 heterocycles. The molecule has 4 rings (SSSR count). The number of nitrogens with zero attached hydrogens (tertiary/aromatic N) is 2. The highest BCUT2D eigenvalue weighted by Gasteiger charge is 2.30. The van der Waals surface area contributed by atoms with E-state index >= 15 is 0 Å². The number of aliphatic hydroxyl groups excluding tert-OH is 1. The molecule has 1 saturated heterocycles. The molecule has 1 fully saturated rings. The summed E-state index contributed by atoms with van der Waals surface area (Å²) >= 11 is 0. The Kier molecular flexibility index (Phi) is 9.10. The molecule has 0 saturated carbocycles. The van der Waals surface area contributed by atoms with E-state index in [0.29, 0.717) is 25.3 Å². The number of pyridine rings is 1. The van der Waals surface area contributed by atoms with Crippen molar-refractivity contribution in [2.75, 3.05) is 26.7 Å². The fourth-order valence-corrected chi connectivity index (χ4v) is 5.19. The average Bonchev–Trinajstić information content (AvgIpc) is 2.91. The summed E-state index contributed by atoms with van der Waals surface area (Å²) < 4.78 is 18.4. The summed E-state index contributed by atoms with van der Waals surface area (Å²) in [6, 6.07) is 13.6. The quantitative estimate of drug-likeness (QED) is 0.397. The summed E-state index contributed by atoms with van der Waals surface area (Å²) in [5.41, 5.74) is 2.42. The second kappa shape index (κ2) is 12.7. The topological polar surface area (TPSA) is 82.9 Å². The van der Waals surface area contributed by atoms with Crippen molar-refractivity contribution in [3.05, 3.63) is 71.7 Å². The number of benzene rings is 2. The molecule has 1 aliphatic rings. The minimum Gasteiger partial charge on any atom is -0.497 e. The van der Waals surface area contributed by atoms with E-state index in [1.807, 2.05) is 24.3 Å². The Morgan fingerprint density at radius 2 is 2.00 bits per heavy atom. The number of aliphatic carboxylic acids is 1. The van der Waals surface area contributed by atoms with Crippen LogP contribution >= 0.6 is 0 Å². The molecule has 0 aliphatic carbocycles. The number of methoxy groups -OCH3 is 1. The first-order valence-electron chi connectivity index (χ1n) is 12.7. The molecular weight excluding hydrogens is 471 g/mol. The van der Waals surface area contributed by atoms with E-state index in [0.717, 1.165) is 53.7 Å². The molecule has 0 bridgehead atoms. The highest BCUT2D eigenvalue weighted by molar-refractivity contribution is 5.83. The van der Waals surface area contributed by atoms with E-state index in [1.54, 1.807) is 25.4 Å². The van der Waals surface area contributed by atoms with Crippen LogP contribution in [0.3, 0.4) is 0 Å². The van der Waals surface area contributed by atoms with Crippen molar-refractivity contribution in [3.8, 4) is 17.6 Å². The van der Waals surface area contributed by atoms with Crippen molar-refractivity contribution in [1.82, 2.24) is 9.88 Å². The van der Waals surface area contributed by atoms with Gasteiger partial charge < -0.3 is 14.9 Å². The van der Waals surface area contributed by atoms with Gasteiger partial charge >= 0.3 is 5.97 Å². The van der Waals surface area contributed by atoms with Gasteiger partial charge in [0, 0.05) is 30.1 Å². The maximum absolute atomic E-state index is 13.1. The van der Waals surface area contributed by atoms with Crippen LogP contribution in [-0.4, -0.2) is 52.8 Å². The van der Waals surface area contributed by atoms with Gasteiger partial charge in [-0.25, -0.2) is 4.39 Å². The smallest absolute Gasteiger partial charge is 0.303 e. The van der Waals surface area contributed by atoms with Crippen molar-refractivity contribution in [3.63, 3.8) is 0 Å². The fourth-order valence-electron chi connectivity index (χ4n) is 5.19. The second-order valence-electron chi connectivity index (χ2n) is 9.66. The molecule has 0 amide bonds. The minimum absolute atomic E-state index is 0.133. The summed E-state index contributed by atoms with van der Waals surface area (Å²) in [5.74, 6) is 6.45. The largest absolute Gasteiger partial charge is 0.497 e. The van der Waals surface area contributed by atoms with Gasteiger partial charge in [0.25, 0.3) is 0 Å². The van der Waals surface area contributed by atoms with Gasteiger partial charge in [-0.3, -0.25) is 14.7 Å². The summed E-state index contributed by atoms with van der Waals surface area (Å²) in [6.07, 6.45) is 4.15. The van der Waals surface area contributed by atoms with Crippen LogP contribution in [-0.2, 0) is 4.79 Å². The lowest BCUT2D eigenvalue weighted by atomic mass is 9.79. The normalized spacial score (nSPS) is 18.7. The zero-order valence-corrected chi connectivity index (χ0v) is 21.1. The number of likely N-dealkylation sites (tertiary alicyclic amines) is 1. The van der Waals surface area contributed by atoms with E-state index < -0.39 is 12.1 Å². The number of aliphatic hydroxyl groups is 1. The van der Waals surface area contributed by atoms with Gasteiger partial charge in [-0.1, -0.05) is 11.8 Å². The molecule has 3 aromatic rings. The molecule has 194 valence electrons. The monoisotopic (exact) mass is 504 g/mol. The number of ether oxygens (including phenoxy) is 1. The first kappa shape index (κ1) is 26.6. The highest BCUT2D eigenvalue weighted by atomic mass is 19.1. The number of halogens is 1. The van der Waals surface area contributed by atoms with Gasteiger partial charge in [-0.05, 0) is 98.2 Å². The number of carboxylic acid groups (broad SMARTS) is 1. The number of hydrogen-bond acceptors (Lipinski definition) is 5. The van der Waals surface area contributed by atoms with Gasteiger partial charge in [0.1, 0.15) is 11.6 Å². The van der Waals surface area contributed by atoms with Crippen molar-refractivity contribution >= 4 is 16.9 Å². The zero-order chi connectivity index (χ0) is 26.2. The predicted octanol–water partition coefficient (Wildman–Crippen LogP) is 5.05. The summed E-state index contributed by atoms with van der Waals surface area (Å²) in [6.45, 7) is 2.24. The molecule has 2 aromatic carbocycles. The average molecular weight is 505 g/mol. The summed E-state index contributed by atoms with van der Waals surface area (Å²) in [5, 5.41) is 21.3. The number of hydrogen-bond donors (Lipinski definition) is 2. The summed E-state index contributed by atoms with van der Waals surface area (Å²) in [7, 11) is 1.62. The van der Waals surface area contributed by atoms with Gasteiger partial charge in [0.2, 0.25) is 0 Å². The molecule has 37 heavy (non-hydrogen) atoms. The SMILES string of the molecule is COc1ccc2nccc([C@@H](O)CCC3CCN(CC#Cc4ccc(F)cc4)CC3CCC(=O)O)c2c1. The molecule has 2 N–H and O–H groups in total. The van der Waals surface area contributed by atoms with Crippen LogP contribution in [0.2, 0.25) is 0 Å². The Morgan fingerprint density at radius 3 is 2.76 bits per heavy atom. The molecule has 0 spiro atoms. The number of rotatable bonds is 9. The molecule has 7 heteroatoms. The van der Waals surface area contributed by atoms with Crippen LogP contribution in [0.5, 0.6) is 5.75 Å². The third-order valence-electron chi connectivity index (χ3n) is 7.24. The molecule has 6 nitrogen and oxygen atoms in total. The van der Waals surface area contributed by atoms with Crippen LogP contribution < -0.4 is 4.74 Å². The third-order valence-corrected chi connectivity index (χ3v) is 7.24. The Bertz CT molecular complexity index is 1270.